The van der Waals surface area contributed by atoms with Gasteiger partial charge >= 0.3 is 8.56 Å². The van der Waals surface area contributed by atoms with Crippen molar-refractivity contribution < 1.29 is 8.54 Å². The van der Waals surface area contributed by atoms with Crippen LogP contribution in [-0.4, -0.2) is 24.2 Å². The van der Waals surface area contributed by atoms with E-state index in [0.29, 0.717) is 0 Å². The van der Waals surface area contributed by atoms with Crippen LogP contribution in [0, 0.1) is 0 Å². The zero-order chi connectivity index (χ0) is 11.0. The van der Waals surface area contributed by atoms with E-state index in [-0.39, 0.29) is 0 Å². The average Bonchev–Trinajstić information content (AvgIpc) is 2.01. The zero-order valence-corrected chi connectivity index (χ0v) is 12.4. The fraction of sp³-hybridized carbons (Fsp3) is 1.00. The molecule has 0 aromatic rings. The van der Waals surface area contributed by atoms with E-state index < -0.39 is 17.6 Å². The Balaban J connectivity index is 3.45. The Kier molecular flexibility index (Phi) is 7.81. The van der Waals surface area contributed by atoms with Crippen molar-refractivity contribution >= 4 is 17.6 Å². The van der Waals surface area contributed by atoms with Crippen molar-refractivity contribution in [3.8, 4) is 0 Å². The summed E-state index contributed by atoms with van der Waals surface area (Å²) in [5.41, 5.74) is 0. The number of unbranched alkanes of at least 4 members (excludes halogenated alkanes) is 3. The molecule has 0 aliphatic carbocycles. The van der Waals surface area contributed by atoms with Crippen molar-refractivity contribution in [3.63, 3.8) is 0 Å². The van der Waals surface area contributed by atoms with Crippen LogP contribution in [0.25, 0.3) is 0 Å². The molecule has 1 radical (unpaired) electrons. The fourth-order valence-corrected chi connectivity index (χ4v) is 6.17. The van der Waals surface area contributed by atoms with Gasteiger partial charge in [-0.2, -0.15) is 0 Å². The summed E-state index contributed by atoms with van der Waals surface area (Å²) in [5.74, 6) is 0. The molecule has 0 atom stereocenters. The molecule has 0 saturated carbocycles. The predicted octanol–water partition coefficient (Wildman–Crippen LogP) is 3.55. The Bertz CT molecular complexity index is 138. The van der Waals surface area contributed by atoms with Gasteiger partial charge in [0.15, 0.2) is 9.04 Å². The van der Waals surface area contributed by atoms with E-state index in [1.165, 1.54) is 25.7 Å². The first-order valence-electron chi connectivity index (χ1n) is 5.61. The van der Waals surface area contributed by atoms with Crippen molar-refractivity contribution in [2.75, 3.05) is 6.61 Å². The van der Waals surface area contributed by atoms with Gasteiger partial charge in [0.05, 0.1) is 0 Å². The molecular weight excluding hydrogens is 208 g/mol. The first kappa shape index (κ1) is 14.4. The molecular formula is C10H25O2Si2. The Labute approximate surface area is 92.0 Å². The SMILES string of the molecule is CCCCCCO[Si](C)(C)O[Si](C)C. The van der Waals surface area contributed by atoms with E-state index in [0.717, 1.165) is 6.61 Å². The molecule has 14 heavy (non-hydrogen) atoms. The topological polar surface area (TPSA) is 18.5 Å². The summed E-state index contributed by atoms with van der Waals surface area (Å²) >= 11 is 0. The molecule has 2 nitrogen and oxygen atoms in total. The first-order chi connectivity index (χ1) is 6.48. The second-order valence-electron chi connectivity index (χ2n) is 4.32. The van der Waals surface area contributed by atoms with Gasteiger partial charge in [-0.15, -0.1) is 0 Å². The van der Waals surface area contributed by atoms with E-state index in [4.69, 9.17) is 8.54 Å². The Morgan fingerprint density at radius 3 is 2.21 bits per heavy atom. The second-order valence-corrected chi connectivity index (χ2v) is 10.0. The van der Waals surface area contributed by atoms with E-state index in [1.807, 2.05) is 0 Å². The van der Waals surface area contributed by atoms with Crippen molar-refractivity contribution in [2.24, 2.45) is 0 Å². The maximum absolute atomic E-state index is 5.86. The van der Waals surface area contributed by atoms with E-state index in [2.05, 4.69) is 33.1 Å². The van der Waals surface area contributed by atoms with Crippen LogP contribution in [-0.2, 0) is 8.54 Å². The molecule has 0 amide bonds. The molecule has 0 saturated heterocycles. The molecule has 0 aliphatic rings. The summed E-state index contributed by atoms with van der Waals surface area (Å²) in [6.07, 6.45) is 5.08. The molecule has 0 N–H and O–H groups in total. The molecule has 0 aromatic carbocycles. The minimum atomic E-state index is -1.78. The van der Waals surface area contributed by atoms with Crippen molar-refractivity contribution in [2.45, 2.75) is 58.8 Å². The maximum Gasteiger partial charge on any atom is 0.321 e. The van der Waals surface area contributed by atoms with Gasteiger partial charge in [-0.05, 0) is 32.6 Å². The van der Waals surface area contributed by atoms with Crippen molar-refractivity contribution in [1.29, 1.82) is 0 Å². The quantitative estimate of drug-likeness (QED) is 0.471. The zero-order valence-electron chi connectivity index (χ0n) is 10.4. The van der Waals surface area contributed by atoms with Gasteiger partial charge in [-0.3, -0.25) is 0 Å². The lowest BCUT2D eigenvalue weighted by molar-refractivity contribution is 0.242. The summed E-state index contributed by atoms with van der Waals surface area (Å²) in [7, 11) is -2.38. The van der Waals surface area contributed by atoms with Crippen LogP contribution in [0.15, 0.2) is 0 Å². The third kappa shape index (κ3) is 8.93. The van der Waals surface area contributed by atoms with Gasteiger partial charge in [0.1, 0.15) is 0 Å². The Morgan fingerprint density at radius 1 is 1.07 bits per heavy atom. The van der Waals surface area contributed by atoms with Crippen LogP contribution in [0.4, 0.5) is 0 Å². The van der Waals surface area contributed by atoms with Gasteiger partial charge in [0, 0.05) is 6.61 Å². The maximum atomic E-state index is 5.86. The normalized spacial score (nSPS) is 12.4. The van der Waals surface area contributed by atoms with Gasteiger partial charge in [-0.1, -0.05) is 26.2 Å². The molecule has 0 aromatic heterocycles. The van der Waals surface area contributed by atoms with E-state index in [9.17, 15) is 0 Å². The lowest BCUT2D eigenvalue weighted by Gasteiger charge is -2.24. The summed E-state index contributed by atoms with van der Waals surface area (Å²) in [6, 6.07) is 0. The van der Waals surface area contributed by atoms with E-state index in [1.54, 1.807) is 0 Å². The molecule has 0 heterocycles. The molecule has 0 unspecified atom stereocenters. The van der Waals surface area contributed by atoms with Crippen LogP contribution in [0.1, 0.15) is 32.6 Å². The molecule has 0 rings (SSSR count). The van der Waals surface area contributed by atoms with Crippen molar-refractivity contribution in [1.82, 2.24) is 0 Å². The van der Waals surface area contributed by atoms with Gasteiger partial charge < -0.3 is 8.54 Å². The third-order valence-corrected chi connectivity index (χ3v) is 6.40. The minimum absolute atomic E-state index is 0.601. The molecule has 0 bridgehead atoms. The Morgan fingerprint density at radius 2 is 1.71 bits per heavy atom. The van der Waals surface area contributed by atoms with Crippen LogP contribution in [0.5, 0.6) is 0 Å². The van der Waals surface area contributed by atoms with Crippen LogP contribution >= 0.6 is 0 Å². The summed E-state index contributed by atoms with van der Waals surface area (Å²) in [6.45, 7) is 11.7. The number of hydrogen-bond donors (Lipinski definition) is 0. The third-order valence-electron chi connectivity index (χ3n) is 1.90. The average molecular weight is 233 g/mol. The van der Waals surface area contributed by atoms with Crippen molar-refractivity contribution in [3.05, 3.63) is 0 Å². The smallest absolute Gasteiger partial charge is 0.321 e. The van der Waals surface area contributed by atoms with E-state index >= 15 is 0 Å². The number of rotatable bonds is 8. The van der Waals surface area contributed by atoms with Gasteiger partial charge in [-0.25, -0.2) is 0 Å². The van der Waals surface area contributed by atoms with Crippen LogP contribution < -0.4 is 0 Å². The molecule has 0 aliphatic heterocycles. The summed E-state index contributed by atoms with van der Waals surface area (Å²) < 4.78 is 11.7. The largest absolute Gasteiger partial charge is 0.436 e. The predicted molar refractivity (Wildman–Crippen MR) is 66.1 cm³/mol. The monoisotopic (exact) mass is 233 g/mol. The van der Waals surface area contributed by atoms with Crippen LogP contribution in [0.3, 0.4) is 0 Å². The summed E-state index contributed by atoms with van der Waals surface area (Å²) in [5, 5.41) is 0. The lowest BCUT2D eigenvalue weighted by atomic mass is 10.2. The molecule has 0 spiro atoms. The summed E-state index contributed by atoms with van der Waals surface area (Å²) in [4.78, 5) is 0. The second kappa shape index (κ2) is 7.62. The highest BCUT2D eigenvalue weighted by Gasteiger charge is 2.25. The number of hydrogen-bond acceptors (Lipinski definition) is 2. The Hall–Kier alpha value is 0.354. The van der Waals surface area contributed by atoms with Gasteiger partial charge in [0.2, 0.25) is 0 Å². The lowest BCUT2D eigenvalue weighted by Crippen LogP contribution is -2.39. The highest BCUT2D eigenvalue weighted by molar-refractivity contribution is 6.72. The first-order valence-corrected chi connectivity index (χ1v) is 10.8. The molecule has 4 heteroatoms. The van der Waals surface area contributed by atoms with Gasteiger partial charge in [0.25, 0.3) is 0 Å². The standard InChI is InChI=1S/C10H25O2Si2/c1-6-7-8-9-10-11-14(4,5)12-13(2)3/h6-10H2,1-5H3. The minimum Gasteiger partial charge on any atom is -0.436 e. The highest BCUT2D eigenvalue weighted by atomic mass is 28.4. The molecule has 0 fully saturated rings. The highest BCUT2D eigenvalue weighted by Crippen LogP contribution is 2.10. The van der Waals surface area contributed by atoms with Crippen LogP contribution in [0.2, 0.25) is 26.2 Å². The molecule has 85 valence electrons. The fourth-order valence-electron chi connectivity index (χ4n) is 1.37.